The predicted molar refractivity (Wildman–Crippen MR) is 92.6 cm³/mol. The topological polar surface area (TPSA) is 55.9 Å². The second kappa shape index (κ2) is 6.81. The molecule has 24 heavy (non-hydrogen) atoms. The minimum atomic E-state index is -0.00477. The fraction of sp³-hybridized carbons (Fsp3) is 0.556. The summed E-state index contributed by atoms with van der Waals surface area (Å²) in [5, 5.41) is 3.01. The SMILES string of the molecule is Cc1ccccc1CN(C)C(=O)CN1CC[C@H]2[C@@H](C1)NC(=O)N2C. The Morgan fingerprint density at radius 3 is 2.88 bits per heavy atom. The second-order valence-corrected chi connectivity index (χ2v) is 6.93. The van der Waals surface area contributed by atoms with Crippen LogP contribution in [0.4, 0.5) is 4.79 Å². The van der Waals surface area contributed by atoms with Crippen LogP contribution >= 0.6 is 0 Å². The minimum absolute atomic E-state index is 0.00477. The van der Waals surface area contributed by atoms with Gasteiger partial charge in [0.25, 0.3) is 0 Å². The van der Waals surface area contributed by atoms with Gasteiger partial charge in [-0.3, -0.25) is 9.69 Å². The third-order valence-electron chi connectivity index (χ3n) is 5.24. The Morgan fingerprint density at radius 1 is 1.38 bits per heavy atom. The quantitative estimate of drug-likeness (QED) is 0.898. The molecule has 0 bridgehead atoms. The number of carbonyl (C=O) groups is 2. The van der Waals surface area contributed by atoms with E-state index in [2.05, 4.69) is 29.3 Å². The lowest BCUT2D eigenvalue weighted by atomic mass is 10.0. The molecule has 6 nitrogen and oxygen atoms in total. The van der Waals surface area contributed by atoms with Crippen molar-refractivity contribution in [3.63, 3.8) is 0 Å². The van der Waals surface area contributed by atoms with Gasteiger partial charge in [-0.25, -0.2) is 4.79 Å². The van der Waals surface area contributed by atoms with Gasteiger partial charge in [0.05, 0.1) is 18.6 Å². The largest absolute Gasteiger partial charge is 0.340 e. The molecule has 0 radical (unpaired) electrons. The number of amides is 3. The molecule has 0 unspecified atom stereocenters. The molecular weight excluding hydrogens is 304 g/mol. The molecule has 2 atom stereocenters. The monoisotopic (exact) mass is 330 g/mol. The van der Waals surface area contributed by atoms with E-state index in [4.69, 9.17) is 0 Å². The van der Waals surface area contributed by atoms with Crippen LogP contribution in [0.2, 0.25) is 0 Å². The summed E-state index contributed by atoms with van der Waals surface area (Å²) in [5.41, 5.74) is 2.38. The van der Waals surface area contributed by atoms with E-state index in [1.54, 1.807) is 9.80 Å². The Morgan fingerprint density at radius 2 is 2.12 bits per heavy atom. The third-order valence-corrected chi connectivity index (χ3v) is 5.24. The minimum Gasteiger partial charge on any atom is -0.340 e. The van der Waals surface area contributed by atoms with Gasteiger partial charge in [0.2, 0.25) is 5.91 Å². The normalized spacial score (nSPS) is 23.8. The van der Waals surface area contributed by atoms with Gasteiger partial charge < -0.3 is 15.1 Å². The van der Waals surface area contributed by atoms with Crippen LogP contribution in [-0.2, 0) is 11.3 Å². The molecule has 2 saturated heterocycles. The molecule has 2 heterocycles. The molecule has 0 aromatic heterocycles. The average Bonchev–Trinajstić information content (AvgIpc) is 2.83. The molecule has 3 rings (SSSR count). The van der Waals surface area contributed by atoms with Crippen molar-refractivity contribution in [2.75, 3.05) is 33.7 Å². The highest BCUT2D eigenvalue weighted by atomic mass is 16.2. The van der Waals surface area contributed by atoms with Gasteiger partial charge in [-0.05, 0) is 24.5 Å². The molecule has 130 valence electrons. The Labute approximate surface area is 143 Å². The number of likely N-dealkylation sites (N-methyl/N-ethyl adjacent to an activating group) is 2. The second-order valence-electron chi connectivity index (χ2n) is 6.93. The third kappa shape index (κ3) is 3.38. The van der Waals surface area contributed by atoms with E-state index < -0.39 is 0 Å². The zero-order chi connectivity index (χ0) is 17.3. The number of aryl methyl sites for hydroxylation is 1. The maximum Gasteiger partial charge on any atom is 0.317 e. The predicted octanol–water partition coefficient (Wildman–Crippen LogP) is 1.05. The van der Waals surface area contributed by atoms with Crippen LogP contribution in [0, 0.1) is 6.92 Å². The number of hydrogen-bond donors (Lipinski definition) is 1. The summed E-state index contributed by atoms with van der Waals surface area (Å²) < 4.78 is 0. The van der Waals surface area contributed by atoms with Crippen molar-refractivity contribution >= 4 is 11.9 Å². The molecule has 0 saturated carbocycles. The first kappa shape index (κ1) is 16.8. The molecule has 1 aromatic carbocycles. The smallest absolute Gasteiger partial charge is 0.317 e. The van der Waals surface area contributed by atoms with Gasteiger partial charge in [-0.15, -0.1) is 0 Å². The first-order chi connectivity index (χ1) is 11.5. The maximum absolute atomic E-state index is 12.5. The highest BCUT2D eigenvalue weighted by molar-refractivity contribution is 5.79. The van der Waals surface area contributed by atoms with E-state index in [1.165, 1.54) is 11.1 Å². The number of piperidine rings is 1. The lowest BCUT2D eigenvalue weighted by Crippen LogP contribution is -2.52. The Hall–Kier alpha value is -2.08. The zero-order valence-corrected chi connectivity index (χ0v) is 14.7. The average molecular weight is 330 g/mol. The van der Waals surface area contributed by atoms with Crippen molar-refractivity contribution in [1.29, 1.82) is 0 Å². The highest BCUT2D eigenvalue weighted by Crippen LogP contribution is 2.21. The van der Waals surface area contributed by atoms with E-state index >= 15 is 0 Å². The van der Waals surface area contributed by atoms with Gasteiger partial charge >= 0.3 is 6.03 Å². The fourth-order valence-corrected chi connectivity index (χ4v) is 3.61. The maximum atomic E-state index is 12.5. The number of likely N-dealkylation sites (tertiary alicyclic amines) is 1. The van der Waals surface area contributed by atoms with E-state index in [0.717, 1.165) is 19.5 Å². The van der Waals surface area contributed by atoms with Crippen LogP contribution in [0.5, 0.6) is 0 Å². The Kier molecular flexibility index (Phi) is 4.76. The van der Waals surface area contributed by atoms with Gasteiger partial charge in [0, 0.05) is 33.7 Å². The van der Waals surface area contributed by atoms with Crippen LogP contribution in [-0.4, -0.2) is 72.5 Å². The van der Waals surface area contributed by atoms with Crippen LogP contribution in [0.15, 0.2) is 24.3 Å². The Bertz CT molecular complexity index is 633. The number of hydrogen-bond acceptors (Lipinski definition) is 3. The lowest BCUT2D eigenvalue weighted by molar-refractivity contribution is -0.132. The summed E-state index contributed by atoms with van der Waals surface area (Å²) in [6.07, 6.45) is 0.911. The summed E-state index contributed by atoms with van der Waals surface area (Å²) >= 11 is 0. The van der Waals surface area contributed by atoms with Crippen LogP contribution < -0.4 is 5.32 Å². The van der Waals surface area contributed by atoms with E-state index in [9.17, 15) is 9.59 Å². The zero-order valence-electron chi connectivity index (χ0n) is 14.7. The summed E-state index contributed by atoms with van der Waals surface area (Å²) in [6, 6.07) is 8.53. The van der Waals surface area contributed by atoms with Crippen LogP contribution in [0.3, 0.4) is 0 Å². The van der Waals surface area contributed by atoms with Crippen molar-refractivity contribution in [2.45, 2.75) is 32.0 Å². The van der Waals surface area contributed by atoms with Crippen LogP contribution in [0.1, 0.15) is 17.5 Å². The number of rotatable bonds is 4. The molecule has 2 aliphatic heterocycles. The number of benzene rings is 1. The molecule has 2 aliphatic rings. The van der Waals surface area contributed by atoms with Gasteiger partial charge in [-0.1, -0.05) is 24.3 Å². The molecular formula is C18H26N4O2. The Balaban J connectivity index is 1.54. The first-order valence-electron chi connectivity index (χ1n) is 8.50. The van der Waals surface area contributed by atoms with Crippen molar-refractivity contribution in [2.24, 2.45) is 0 Å². The highest BCUT2D eigenvalue weighted by Gasteiger charge is 2.40. The molecule has 1 aromatic rings. The van der Waals surface area contributed by atoms with Gasteiger partial charge in [-0.2, -0.15) is 0 Å². The summed E-state index contributed by atoms with van der Waals surface area (Å²) in [6.45, 7) is 4.70. The number of urea groups is 1. The molecule has 1 N–H and O–H groups in total. The number of carbonyl (C=O) groups excluding carboxylic acids is 2. The first-order valence-corrected chi connectivity index (χ1v) is 8.50. The molecule has 0 aliphatic carbocycles. The van der Waals surface area contributed by atoms with Crippen LogP contribution in [0.25, 0.3) is 0 Å². The molecule has 2 fully saturated rings. The molecule has 0 spiro atoms. The molecule has 3 amide bonds. The van der Waals surface area contributed by atoms with Crippen molar-refractivity contribution in [3.05, 3.63) is 35.4 Å². The van der Waals surface area contributed by atoms with Gasteiger partial charge in [0.15, 0.2) is 0 Å². The van der Waals surface area contributed by atoms with Crippen molar-refractivity contribution in [3.8, 4) is 0 Å². The number of nitrogens with one attached hydrogen (secondary N) is 1. The van der Waals surface area contributed by atoms with Gasteiger partial charge in [0.1, 0.15) is 0 Å². The van der Waals surface area contributed by atoms with Crippen molar-refractivity contribution in [1.82, 2.24) is 20.0 Å². The van der Waals surface area contributed by atoms with Crippen molar-refractivity contribution < 1.29 is 9.59 Å². The number of nitrogens with zero attached hydrogens (tertiary/aromatic N) is 3. The fourth-order valence-electron chi connectivity index (χ4n) is 3.61. The standard InChI is InChI=1S/C18H26N4O2/c1-13-6-4-5-7-14(13)10-20(2)17(23)12-22-9-8-16-15(11-22)19-18(24)21(16)3/h4-7,15-16H,8-12H2,1-3H3,(H,19,24)/t15-,16+/m1/s1. The van der Waals surface area contributed by atoms with E-state index in [0.29, 0.717) is 13.1 Å². The summed E-state index contributed by atoms with van der Waals surface area (Å²) in [4.78, 5) is 30.0. The summed E-state index contributed by atoms with van der Waals surface area (Å²) in [7, 11) is 3.70. The van der Waals surface area contributed by atoms with E-state index in [1.807, 2.05) is 26.2 Å². The van der Waals surface area contributed by atoms with E-state index in [-0.39, 0.29) is 24.0 Å². The number of fused-ring (bicyclic) bond motifs is 1. The summed E-state index contributed by atoms with van der Waals surface area (Å²) in [5.74, 6) is 0.120. The lowest BCUT2D eigenvalue weighted by Gasteiger charge is -2.36. The molecule has 6 heteroatoms.